The summed E-state index contributed by atoms with van der Waals surface area (Å²) >= 11 is 0. The molecule has 0 spiro atoms. The lowest BCUT2D eigenvalue weighted by Gasteiger charge is -1.94. The van der Waals surface area contributed by atoms with Gasteiger partial charge in [0.25, 0.3) is 0 Å². The van der Waals surface area contributed by atoms with E-state index < -0.39 is 0 Å². The van der Waals surface area contributed by atoms with Gasteiger partial charge in [-0.1, -0.05) is 18.2 Å². The fourth-order valence-electron chi connectivity index (χ4n) is 0.767. The van der Waals surface area contributed by atoms with E-state index in [-0.39, 0.29) is 7.48 Å². The fraction of sp³-hybridized carbons (Fsp3) is 0. The summed E-state index contributed by atoms with van der Waals surface area (Å²) in [4.78, 5) is 0. The van der Waals surface area contributed by atoms with Crippen LogP contribution in [0.3, 0.4) is 0 Å². The minimum atomic E-state index is -0.0657. The first-order valence-corrected chi connectivity index (χ1v) is 2.97. The molecule has 0 aliphatic carbocycles. The van der Waals surface area contributed by atoms with Gasteiger partial charge in [0.2, 0.25) is 0 Å². The van der Waals surface area contributed by atoms with Crippen molar-refractivity contribution in [2.45, 2.75) is 0 Å². The van der Waals surface area contributed by atoms with Crippen LogP contribution in [0, 0.1) is 11.3 Å². The molecule has 1 aromatic carbocycles. The first-order valence-electron chi connectivity index (χ1n) is 2.97. The molecule has 0 aliphatic heterocycles. The van der Waals surface area contributed by atoms with E-state index in [4.69, 9.17) is 10.3 Å². The second-order valence-electron chi connectivity index (χ2n) is 1.93. The van der Waals surface area contributed by atoms with E-state index in [1.54, 1.807) is 24.3 Å². The smallest absolute Gasteiger partial charge is 0.306 e. The number of benzene rings is 1. The van der Waals surface area contributed by atoms with Gasteiger partial charge < -0.3 is 5.02 Å². The highest BCUT2D eigenvalue weighted by Crippen LogP contribution is 1.90. The average Bonchev–Trinajstić information content (AvgIpc) is 2.04. The number of nitrogens with zero attached hydrogens (tertiary/aromatic N) is 1. The van der Waals surface area contributed by atoms with E-state index in [0.29, 0.717) is 11.0 Å². The molecule has 48 valence electrons. The second-order valence-corrected chi connectivity index (χ2v) is 1.93. The lowest BCUT2D eigenvalue weighted by Crippen LogP contribution is -2.16. The van der Waals surface area contributed by atoms with Crippen LogP contribution < -0.4 is 5.46 Å². The Morgan fingerprint density at radius 1 is 1.40 bits per heavy atom. The monoisotopic (exact) mass is 131 g/mol. The van der Waals surface area contributed by atoms with Crippen molar-refractivity contribution < 1.29 is 5.02 Å². The SMILES string of the molecule is N#Cc1ccccc1BO. The van der Waals surface area contributed by atoms with Crippen LogP contribution in [0.15, 0.2) is 24.3 Å². The van der Waals surface area contributed by atoms with Crippen LogP contribution in [0.1, 0.15) is 5.56 Å². The van der Waals surface area contributed by atoms with Crippen molar-refractivity contribution >= 4 is 12.9 Å². The third-order valence-corrected chi connectivity index (χ3v) is 1.31. The predicted octanol–water partition coefficient (Wildman–Crippen LogP) is -0.473. The standard InChI is InChI=1S/C7H6BNO/c9-5-6-3-1-2-4-7(6)8-10/h1-4,8,10H. The van der Waals surface area contributed by atoms with Gasteiger partial charge in [-0.15, -0.1) is 0 Å². The number of rotatable bonds is 1. The molecule has 0 aliphatic rings. The predicted molar refractivity (Wildman–Crippen MR) is 40.2 cm³/mol. The number of hydrogen-bond acceptors (Lipinski definition) is 2. The highest BCUT2D eigenvalue weighted by atomic mass is 16.2. The third-order valence-electron chi connectivity index (χ3n) is 1.31. The van der Waals surface area contributed by atoms with E-state index in [1.165, 1.54) is 0 Å². The maximum absolute atomic E-state index is 8.70. The maximum Gasteiger partial charge on any atom is 0.306 e. The Morgan fingerprint density at radius 2 is 2.10 bits per heavy atom. The van der Waals surface area contributed by atoms with Gasteiger partial charge in [-0.05, 0) is 11.5 Å². The Bertz CT molecular complexity index is 267. The Hall–Kier alpha value is -1.27. The summed E-state index contributed by atoms with van der Waals surface area (Å²) in [5.41, 5.74) is 1.23. The fourth-order valence-corrected chi connectivity index (χ4v) is 0.767. The molecule has 0 aromatic heterocycles. The number of nitriles is 1. The summed E-state index contributed by atoms with van der Waals surface area (Å²) in [5.74, 6) is 0. The van der Waals surface area contributed by atoms with Crippen molar-refractivity contribution in [1.29, 1.82) is 5.26 Å². The first kappa shape index (κ1) is 6.85. The normalized spacial score (nSPS) is 8.40. The van der Waals surface area contributed by atoms with Crippen molar-refractivity contribution in [3.8, 4) is 6.07 Å². The topological polar surface area (TPSA) is 44.0 Å². The van der Waals surface area contributed by atoms with Gasteiger partial charge in [-0.25, -0.2) is 0 Å². The molecular formula is C7H6BNO. The quantitative estimate of drug-likeness (QED) is 0.523. The summed E-state index contributed by atoms with van der Waals surface area (Å²) in [6, 6.07) is 8.98. The van der Waals surface area contributed by atoms with E-state index in [9.17, 15) is 0 Å². The molecule has 1 aromatic rings. The molecule has 10 heavy (non-hydrogen) atoms. The molecule has 1 N–H and O–H groups in total. The Morgan fingerprint density at radius 3 is 2.60 bits per heavy atom. The highest BCUT2D eigenvalue weighted by Gasteiger charge is 1.97. The largest absolute Gasteiger partial charge is 0.449 e. The molecule has 0 amide bonds. The molecule has 0 bridgehead atoms. The molecule has 2 nitrogen and oxygen atoms in total. The Balaban J connectivity index is 3.12. The van der Waals surface area contributed by atoms with Crippen LogP contribution in [-0.2, 0) is 0 Å². The zero-order valence-electron chi connectivity index (χ0n) is 5.41. The maximum atomic E-state index is 8.70. The van der Waals surface area contributed by atoms with Gasteiger partial charge in [-0.3, -0.25) is 0 Å². The van der Waals surface area contributed by atoms with Gasteiger partial charge in [0, 0.05) is 5.56 Å². The van der Waals surface area contributed by atoms with Crippen molar-refractivity contribution in [1.82, 2.24) is 0 Å². The molecular weight excluding hydrogens is 125 g/mol. The van der Waals surface area contributed by atoms with E-state index in [0.717, 1.165) is 0 Å². The third kappa shape index (κ3) is 1.17. The van der Waals surface area contributed by atoms with Crippen molar-refractivity contribution in [2.24, 2.45) is 0 Å². The van der Waals surface area contributed by atoms with Gasteiger partial charge in [0.15, 0.2) is 0 Å². The summed E-state index contributed by atoms with van der Waals surface area (Å²) < 4.78 is 0. The Kier molecular flexibility index (Phi) is 2.09. The molecule has 0 radical (unpaired) electrons. The van der Waals surface area contributed by atoms with Crippen molar-refractivity contribution in [3.63, 3.8) is 0 Å². The molecule has 0 atom stereocenters. The minimum absolute atomic E-state index is 0.0657. The van der Waals surface area contributed by atoms with Gasteiger partial charge in [0.1, 0.15) is 0 Å². The van der Waals surface area contributed by atoms with Crippen molar-refractivity contribution in [3.05, 3.63) is 29.8 Å². The van der Waals surface area contributed by atoms with Crippen LogP contribution in [0.2, 0.25) is 0 Å². The van der Waals surface area contributed by atoms with Crippen LogP contribution >= 0.6 is 0 Å². The summed E-state index contributed by atoms with van der Waals surface area (Å²) in [6.07, 6.45) is 0. The zero-order chi connectivity index (χ0) is 7.40. The lowest BCUT2D eigenvalue weighted by molar-refractivity contribution is 0.615. The second kappa shape index (κ2) is 3.04. The van der Waals surface area contributed by atoms with Gasteiger partial charge in [0.05, 0.1) is 6.07 Å². The van der Waals surface area contributed by atoms with Crippen LogP contribution in [0.25, 0.3) is 0 Å². The zero-order valence-corrected chi connectivity index (χ0v) is 5.41. The minimum Gasteiger partial charge on any atom is -0.449 e. The molecule has 0 saturated heterocycles. The van der Waals surface area contributed by atoms with Crippen LogP contribution in [-0.4, -0.2) is 12.5 Å². The van der Waals surface area contributed by atoms with Crippen LogP contribution in [0.4, 0.5) is 0 Å². The van der Waals surface area contributed by atoms with Crippen molar-refractivity contribution in [2.75, 3.05) is 0 Å². The number of hydrogen-bond donors (Lipinski definition) is 1. The van der Waals surface area contributed by atoms with E-state index in [1.807, 2.05) is 6.07 Å². The molecule has 3 heteroatoms. The summed E-state index contributed by atoms with van der Waals surface area (Å²) in [7, 11) is -0.0657. The summed E-state index contributed by atoms with van der Waals surface area (Å²) in [5, 5.41) is 17.2. The lowest BCUT2D eigenvalue weighted by atomic mass is 9.85. The van der Waals surface area contributed by atoms with E-state index in [2.05, 4.69) is 0 Å². The molecule has 1 rings (SSSR count). The average molecular weight is 131 g/mol. The Labute approximate surface area is 60.0 Å². The highest BCUT2D eigenvalue weighted by molar-refractivity contribution is 6.46. The van der Waals surface area contributed by atoms with E-state index >= 15 is 0 Å². The van der Waals surface area contributed by atoms with Gasteiger partial charge in [-0.2, -0.15) is 5.26 Å². The summed E-state index contributed by atoms with van der Waals surface area (Å²) in [6.45, 7) is 0. The molecule has 0 unspecified atom stereocenters. The molecule has 0 saturated carbocycles. The molecule has 0 heterocycles. The first-order chi connectivity index (χ1) is 4.88. The molecule has 0 fully saturated rings. The van der Waals surface area contributed by atoms with Crippen LogP contribution in [0.5, 0.6) is 0 Å². The van der Waals surface area contributed by atoms with Gasteiger partial charge >= 0.3 is 7.48 Å².